The van der Waals surface area contributed by atoms with E-state index >= 15 is 0 Å². The number of piperidine rings is 1. The van der Waals surface area contributed by atoms with E-state index in [1.54, 1.807) is 0 Å². The normalized spacial score (nSPS) is 31.8. The van der Waals surface area contributed by atoms with Gasteiger partial charge in [-0.15, -0.1) is 0 Å². The third kappa shape index (κ3) is 2.93. The molecule has 3 N–H and O–H groups in total. The lowest BCUT2D eigenvalue weighted by molar-refractivity contribution is -0.148. The lowest BCUT2D eigenvalue weighted by atomic mass is 10.0. The quantitative estimate of drug-likeness (QED) is 0.670. The second-order valence-electron chi connectivity index (χ2n) is 4.61. The highest BCUT2D eigenvalue weighted by molar-refractivity contribution is 5.78. The fraction of sp³-hybridized carbons (Fsp3) is 0.909. The number of nitrogens with two attached hydrogens (primary N) is 1. The van der Waals surface area contributed by atoms with Crippen molar-refractivity contribution in [3.05, 3.63) is 0 Å². The van der Waals surface area contributed by atoms with Gasteiger partial charge in [-0.25, -0.2) is 0 Å². The molecule has 2 heterocycles. The molecule has 5 heteroatoms. The van der Waals surface area contributed by atoms with Gasteiger partial charge in [0.1, 0.15) is 6.61 Å². The van der Waals surface area contributed by atoms with Gasteiger partial charge in [0.15, 0.2) is 0 Å². The maximum Gasteiger partial charge on any atom is 0.248 e. The van der Waals surface area contributed by atoms with Gasteiger partial charge in [0.25, 0.3) is 0 Å². The number of nitrogens with zero attached hydrogens (tertiary/aromatic N) is 1. The molecule has 2 atom stereocenters. The van der Waals surface area contributed by atoms with E-state index in [-0.39, 0.29) is 18.6 Å². The Kier molecular flexibility index (Phi) is 4.15. The number of hydrogen-bond acceptors (Lipinski definition) is 4. The lowest BCUT2D eigenvalue weighted by Gasteiger charge is -2.35. The summed E-state index contributed by atoms with van der Waals surface area (Å²) in [6.07, 6.45) is 3.69. The van der Waals surface area contributed by atoms with Crippen LogP contribution in [0.4, 0.5) is 0 Å². The minimum absolute atomic E-state index is 0.0151. The van der Waals surface area contributed by atoms with Crippen LogP contribution in [0.1, 0.15) is 19.3 Å². The van der Waals surface area contributed by atoms with Crippen molar-refractivity contribution in [1.82, 2.24) is 10.2 Å². The Balaban J connectivity index is 1.83. The smallest absolute Gasteiger partial charge is 0.248 e. The molecule has 2 unspecified atom stereocenters. The monoisotopic (exact) mass is 227 g/mol. The molecule has 92 valence electrons. The first-order valence-corrected chi connectivity index (χ1v) is 6.12. The number of nitrogens with one attached hydrogen (secondary N) is 1. The Morgan fingerprint density at radius 3 is 3.06 bits per heavy atom. The van der Waals surface area contributed by atoms with Gasteiger partial charge in [0.05, 0.1) is 6.10 Å². The van der Waals surface area contributed by atoms with Gasteiger partial charge in [-0.05, 0) is 19.4 Å². The van der Waals surface area contributed by atoms with Gasteiger partial charge in [0.2, 0.25) is 5.91 Å². The first-order chi connectivity index (χ1) is 7.79. The van der Waals surface area contributed by atoms with E-state index in [2.05, 4.69) is 5.32 Å². The van der Waals surface area contributed by atoms with E-state index in [4.69, 9.17) is 10.5 Å². The largest absolute Gasteiger partial charge is 0.365 e. The standard InChI is InChI=1S/C11H21N3O2/c12-5-10-7-14(11(15)8-16-10)6-9-3-1-2-4-13-9/h9-10,13H,1-8,12H2. The predicted molar refractivity (Wildman–Crippen MR) is 61.0 cm³/mol. The van der Waals surface area contributed by atoms with Crippen molar-refractivity contribution in [1.29, 1.82) is 0 Å². The third-order valence-corrected chi connectivity index (χ3v) is 3.34. The van der Waals surface area contributed by atoms with Gasteiger partial charge in [-0.2, -0.15) is 0 Å². The summed E-state index contributed by atoms with van der Waals surface area (Å²) in [6.45, 7) is 3.20. The van der Waals surface area contributed by atoms with Crippen molar-refractivity contribution in [2.75, 3.05) is 32.8 Å². The Hall–Kier alpha value is -0.650. The second kappa shape index (κ2) is 5.61. The van der Waals surface area contributed by atoms with Crippen LogP contribution in [0.25, 0.3) is 0 Å². The van der Waals surface area contributed by atoms with Crippen LogP contribution in [0, 0.1) is 0 Å². The summed E-state index contributed by atoms with van der Waals surface area (Å²) in [5.74, 6) is 0.0945. The number of morpholine rings is 1. The molecule has 0 aromatic rings. The molecule has 2 fully saturated rings. The number of rotatable bonds is 3. The summed E-state index contributed by atoms with van der Waals surface area (Å²) in [7, 11) is 0. The van der Waals surface area contributed by atoms with E-state index in [0.717, 1.165) is 19.5 Å². The zero-order valence-corrected chi connectivity index (χ0v) is 9.65. The molecule has 1 amide bonds. The molecular weight excluding hydrogens is 206 g/mol. The zero-order chi connectivity index (χ0) is 11.4. The summed E-state index contributed by atoms with van der Waals surface area (Å²) < 4.78 is 5.32. The molecule has 16 heavy (non-hydrogen) atoms. The van der Waals surface area contributed by atoms with Gasteiger partial charge in [0, 0.05) is 25.7 Å². The molecule has 2 aliphatic rings. The highest BCUT2D eigenvalue weighted by Gasteiger charge is 2.27. The molecule has 2 saturated heterocycles. The van der Waals surface area contributed by atoms with Crippen LogP contribution in [0.5, 0.6) is 0 Å². The van der Waals surface area contributed by atoms with Crippen molar-refractivity contribution in [2.45, 2.75) is 31.4 Å². The Morgan fingerprint density at radius 1 is 1.50 bits per heavy atom. The van der Waals surface area contributed by atoms with Crippen LogP contribution in [0.15, 0.2) is 0 Å². The molecule has 0 bridgehead atoms. The number of carbonyl (C=O) groups excluding carboxylic acids is 1. The van der Waals surface area contributed by atoms with E-state index in [1.807, 2.05) is 4.90 Å². The predicted octanol–water partition coefficient (Wildman–Crippen LogP) is -0.685. The van der Waals surface area contributed by atoms with Crippen LogP contribution >= 0.6 is 0 Å². The lowest BCUT2D eigenvalue weighted by Crippen LogP contribution is -2.53. The fourth-order valence-electron chi connectivity index (χ4n) is 2.35. The van der Waals surface area contributed by atoms with E-state index in [9.17, 15) is 4.79 Å². The average molecular weight is 227 g/mol. The van der Waals surface area contributed by atoms with E-state index in [1.165, 1.54) is 12.8 Å². The molecule has 0 spiro atoms. The number of amides is 1. The minimum Gasteiger partial charge on any atom is -0.365 e. The van der Waals surface area contributed by atoms with E-state index in [0.29, 0.717) is 19.1 Å². The number of ether oxygens (including phenoxy) is 1. The first-order valence-electron chi connectivity index (χ1n) is 6.12. The first kappa shape index (κ1) is 11.8. The summed E-state index contributed by atoms with van der Waals surface area (Å²) in [6, 6.07) is 0.453. The van der Waals surface area contributed by atoms with Gasteiger partial charge < -0.3 is 20.7 Å². The molecule has 5 nitrogen and oxygen atoms in total. The van der Waals surface area contributed by atoms with E-state index < -0.39 is 0 Å². The van der Waals surface area contributed by atoms with Crippen molar-refractivity contribution >= 4 is 5.91 Å². The van der Waals surface area contributed by atoms with Crippen LogP contribution in [-0.4, -0.2) is 55.7 Å². The maximum absolute atomic E-state index is 11.7. The fourth-order valence-corrected chi connectivity index (χ4v) is 2.35. The number of hydrogen-bond donors (Lipinski definition) is 2. The molecule has 0 aromatic heterocycles. The summed E-state index contributed by atoms with van der Waals surface area (Å²) in [4.78, 5) is 13.6. The molecule has 2 rings (SSSR count). The zero-order valence-electron chi connectivity index (χ0n) is 9.65. The maximum atomic E-state index is 11.7. The highest BCUT2D eigenvalue weighted by Crippen LogP contribution is 2.11. The molecule has 0 aromatic carbocycles. The van der Waals surface area contributed by atoms with Gasteiger partial charge in [-0.1, -0.05) is 6.42 Å². The summed E-state index contributed by atoms with van der Waals surface area (Å²) in [5.41, 5.74) is 5.57. The highest BCUT2D eigenvalue weighted by atomic mass is 16.5. The molecule has 0 radical (unpaired) electrons. The second-order valence-corrected chi connectivity index (χ2v) is 4.61. The summed E-state index contributed by atoms with van der Waals surface area (Å²) >= 11 is 0. The van der Waals surface area contributed by atoms with Gasteiger partial charge >= 0.3 is 0 Å². The Labute approximate surface area is 96.3 Å². The molecular formula is C11H21N3O2. The van der Waals surface area contributed by atoms with Crippen LogP contribution in [-0.2, 0) is 9.53 Å². The molecule has 2 aliphatic heterocycles. The topological polar surface area (TPSA) is 67.6 Å². The van der Waals surface area contributed by atoms with Crippen LogP contribution in [0.2, 0.25) is 0 Å². The summed E-state index contributed by atoms with van der Waals surface area (Å²) in [5, 5.41) is 3.45. The average Bonchev–Trinajstić information content (AvgIpc) is 2.33. The van der Waals surface area contributed by atoms with Crippen molar-refractivity contribution in [2.24, 2.45) is 5.73 Å². The number of carbonyl (C=O) groups is 1. The Bertz CT molecular complexity index is 241. The van der Waals surface area contributed by atoms with Crippen molar-refractivity contribution in [3.63, 3.8) is 0 Å². The molecule has 0 saturated carbocycles. The van der Waals surface area contributed by atoms with Gasteiger partial charge in [-0.3, -0.25) is 4.79 Å². The van der Waals surface area contributed by atoms with Crippen molar-refractivity contribution in [3.8, 4) is 0 Å². The van der Waals surface area contributed by atoms with Crippen LogP contribution < -0.4 is 11.1 Å². The third-order valence-electron chi connectivity index (χ3n) is 3.34. The Morgan fingerprint density at radius 2 is 2.38 bits per heavy atom. The van der Waals surface area contributed by atoms with Crippen LogP contribution in [0.3, 0.4) is 0 Å². The minimum atomic E-state index is 0.0151. The molecule has 0 aliphatic carbocycles. The van der Waals surface area contributed by atoms with Crippen molar-refractivity contribution < 1.29 is 9.53 Å². The SMILES string of the molecule is NCC1CN(CC2CCCCN2)C(=O)CO1.